The van der Waals surface area contributed by atoms with Crippen molar-refractivity contribution < 1.29 is 23.9 Å². The molecular formula is C36H31N3O7S. The van der Waals surface area contributed by atoms with Crippen molar-refractivity contribution in [2.75, 3.05) is 13.2 Å². The number of benzene rings is 4. The number of carbonyl (C=O) groups excluding carboxylic acids is 1. The molecule has 0 saturated carbocycles. The number of hydrogen-bond donors (Lipinski definition) is 0. The van der Waals surface area contributed by atoms with Crippen molar-refractivity contribution in [3.8, 4) is 11.5 Å². The lowest BCUT2D eigenvalue weighted by Gasteiger charge is -2.24. The summed E-state index contributed by atoms with van der Waals surface area (Å²) in [4.78, 5) is 43.4. The molecule has 0 aliphatic carbocycles. The van der Waals surface area contributed by atoms with E-state index in [0.717, 1.165) is 21.9 Å². The SMILES string of the molecule is CCOC(=O)C1=C(C)N=c2s/c(=C\c3c(OCc4ccc([N+](=O)[O-])cc4)ccc4ccccc34)c(=O)n2[C@H]1c1ccc(OCC)cc1. The van der Waals surface area contributed by atoms with Crippen LogP contribution in [-0.4, -0.2) is 28.7 Å². The number of hydrogen-bond acceptors (Lipinski definition) is 9. The Morgan fingerprint density at radius 1 is 0.979 bits per heavy atom. The Hall–Kier alpha value is -5.55. The smallest absolute Gasteiger partial charge is 0.338 e. The fourth-order valence-corrected chi connectivity index (χ4v) is 6.60. The number of ether oxygens (including phenoxy) is 3. The van der Waals surface area contributed by atoms with Crippen LogP contribution in [0.25, 0.3) is 16.8 Å². The third-order valence-electron chi connectivity index (χ3n) is 7.77. The second-order valence-corrected chi connectivity index (χ2v) is 11.7. The number of allylic oxidation sites excluding steroid dienone is 1. The molecule has 4 aromatic carbocycles. The predicted molar refractivity (Wildman–Crippen MR) is 179 cm³/mol. The number of rotatable bonds is 10. The summed E-state index contributed by atoms with van der Waals surface area (Å²) in [6, 6.07) is 24.4. The van der Waals surface area contributed by atoms with E-state index in [2.05, 4.69) is 0 Å². The number of non-ortho nitro benzene ring substituents is 1. The van der Waals surface area contributed by atoms with Crippen LogP contribution in [-0.2, 0) is 16.1 Å². The molecule has 0 spiro atoms. The highest BCUT2D eigenvalue weighted by Crippen LogP contribution is 2.33. The van der Waals surface area contributed by atoms with Crippen LogP contribution in [0, 0.1) is 10.1 Å². The quantitative estimate of drug-likeness (QED) is 0.106. The number of carbonyl (C=O) groups is 1. The summed E-state index contributed by atoms with van der Waals surface area (Å²) in [5, 5.41) is 12.9. The van der Waals surface area contributed by atoms with E-state index in [1.54, 1.807) is 36.6 Å². The Balaban J connectivity index is 1.48. The van der Waals surface area contributed by atoms with Crippen LogP contribution in [0.5, 0.6) is 11.5 Å². The minimum absolute atomic E-state index is 0.000380. The zero-order chi connectivity index (χ0) is 33.1. The lowest BCUT2D eigenvalue weighted by Crippen LogP contribution is -2.39. The molecule has 10 nitrogen and oxygen atoms in total. The van der Waals surface area contributed by atoms with Gasteiger partial charge in [0, 0.05) is 17.7 Å². The van der Waals surface area contributed by atoms with Gasteiger partial charge in [-0.05, 0) is 79.1 Å². The lowest BCUT2D eigenvalue weighted by molar-refractivity contribution is -0.384. The molecule has 1 aliphatic rings. The fourth-order valence-electron chi connectivity index (χ4n) is 5.58. The lowest BCUT2D eigenvalue weighted by atomic mass is 9.96. The predicted octanol–water partition coefficient (Wildman–Crippen LogP) is 5.84. The topological polar surface area (TPSA) is 122 Å². The first-order valence-corrected chi connectivity index (χ1v) is 15.9. The zero-order valence-electron chi connectivity index (χ0n) is 26.0. The monoisotopic (exact) mass is 649 g/mol. The number of nitrogens with zero attached hydrogens (tertiary/aromatic N) is 3. The van der Waals surface area contributed by atoms with Gasteiger partial charge in [-0.1, -0.05) is 53.8 Å². The van der Waals surface area contributed by atoms with E-state index in [-0.39, 0.29) is 24.5 Å². The molecule has 0 fully saturated rings. The van der Waals surface area contributed by atoms with Crippen molar-refractivity contribution >= 4 is 39.8 Å². The fraction of sp³-hybridized carbons (Fsp3) is 0.194. The van der Waals surface area contributed by atoms with Gasteiger partial charge in [-0.3, -0.25) is 19.5 Å². The molecule has 11 heteroatoms. The van der Waals surface area contributed by atoms with E-state index in [1.807, 2.05) is 67.6 Å². The molecule has 0 N–H and O–H groups in total. The molecule has 6 rings (SSSR count). The third-order valence-corrected chi connectivity index (χ3v) is 8.75. The van der Waals surface area contributed by atoms with Gasteiger partial charge < -0.3 is 14.2 Å². The van der Waals surface area contributed by atoms with Crippen LogP contribution >= 0.6 is 11.3 Å². The Labute approximate surface area is 273 Å². The Morgan fingerprint density at radius 2 is 1.72 bits per heavy atom. The highest BCUT2D eigenvalue weighted by molar-refractivity contribution is 7.07. The van der Waals surface area contributed by atoms with Gasteiger partial charge >= 0.3 is 5.97 Å². The van der Waals surface area contributed by atoms with Gasteiger partial charge in [-0.25, -0.2) is 9.79 Å². The van der Waals surface area contributed by atoms with Gasteiger partial charge in [0.05, 0.1) is 40.0 Å². The van der Waals surface area contributed by atoms with Crippen molar-refractivity contribution in [3.63, 3.8) is 0 Å². The first-order chi connectivity index (χ1) is 22.8. The van der Waals surface area contributed by atoms with E-state index < -0.39 is 16.9 Å². The van der Waals surface area contributed by atoms with Gasteiger partial charge in [0.1, 0.15) is 18.1 Å². The number of nitro benzene ring substituents is 1. The van der Waals surface area contributed by atoms with Gasteiger partial charge in [-0.15, -0.1) is 0 Å². The normalized spacial score (nSPS) is 14.4. The molecule has 2 heterocycles. The summed E-state index contributed by atoms with van der Waals surface area (Å²) in [6.07, 6.45) is 1.80. The highest BCUT2D eigenvalue weighted by atomic mass is 32.1. The van der Waals surface area contributed by atoms with E-state index in [1.165, 1.54) is 23.5 Å². The van der Waals surface area contributed by atoms with Gasteiger partial charge in [0.25, 0.3) is 11.2 Å². The van der Waals surface area contributed by atoms with Crippen LogP contribution in [0.2, 0.25) is 0 Å². The van der Waals surface area contributed by atoms with Crippen molar-refractivity contribution in [2.45, 2.75) is 33.4 Å². The first kappa shape index (κ1) is 31.4. The van der Waals surface area contributed by atoms with Gasteiger partial charge in [-0.2, -0.15) is 0 Å². The minimum Gasteiger partial charge on any atom is -0.494 e. The molecule has 0 bridgehead atoms. The molecular weight excluding hydrogens is 618 g/mol. The maximum Gasteiger partial charge on any atom is 0.338 e. The summed E-state index contributed by atoms with van der Waals surface area (Å²) < 4.78 is 19.3. The summed E-state index contributed by atoms with van der Waals surface area (Å²) in [7, 11) is 0. The standard InChI is InChI=1S/C36H31N3O7S/c1-4-44-27-17-12-25(13-18-27)33-32(35(41)45-5-2)22(3)37-36-38(33)34(40)31(47-36)20-29-28-9-7-6-8-24(28)14-19-30(29)46-21-23-10-15-26(16-11-23)39(42)43/h6-20,33H,4-5,21H2,1-3H3/b31-20-/t33-/m0/s1. The molecule has 0 amide bonds. The number of aromatic nitrogens is 1. The molecule has 1 aliphatic heterocycles. The highest BCUT2D eigenvalue weighted by Gasteiger charge is 2.33. The molecule has 238 valence electrons. The maximum absolute atomic E-state index is 14.3. The number of fused-ring (bicyclic) bond motifs is 2. The summed E-state index contributed by atoms with van der Waals surface area (Å²) in [5.41, 5.74) is 2.65. The number of thiazole rings is 1. The molecule has 0 unspecified atom stereocenters. The molecule has 0 radical (unpaired) electrons. The largest absolute Gasteiger partial charge is 0.494 e. The van der Waals surface area contributed by atoms with Gasteiger partial charge in [0.15, 0.2) is 4.80 Å². The van der Waals surface area contributed by atoms with Crippen molar-refractivity contribution in [1.82, 2.24) is 4.57 Å². The zero-order valence-corrected chi connectivity index (χ0v) is 26.8. The first-order valence-electron chi connectivity index (χ1n) is 15.1. The number of nitro groups is 1. The van der Waals surface area contributed by atoms with E-state index >= 15 is 0 Å². The second-order valence-electron chi connectivity index (χ2n) is 10.7. The molecule has 1 atom stereocenters. The average molecular weight is 650 g/mol. The molecule has 5 aromatic rings. The Bertz CT molecular complexity index is 2200. The summed E-state index contributed by atoms with van der Waals surface area (Å²) in [6.45, 7) is 6.24. The minimum atomic E-state index is -0.756. The molecule has 47 heavy (non-hydrogen) atoms. The van der Waals surface area contributed by atoms with E-state index in [9.17, 15) is 19.7 Å². The van der Waals surface area contributed by atoms with Crippen molar-refractivity contribution in [3.05, 3.63) is 143 Å². The Morgan fingerprint density at radius 3 is 2.43 bits per heavy atom. The van der Waals surface area contributed by atoms with Crippen LogP contribution in [0.15, 0.2) is 106 Å². The molecule has 0 saturated heterocycles. The van der Waals surface area contributed by atoms with Crippen molar-refractivity contribution in [2.24, 2.45) is 4.99 Å². The average Bonchev–Trinajstić information content (AvgIpc) is 3.38. The van der Waals surface area contributed by atoms with Crippen LogP contribution in [0.4, 0.5) is 5.69 Å². The Kier molecular flexibility index (Phi) is 8.99. The summed E-state index contributed by atoms with van der Waals surface area (Å²) in [5.74, 6) is 0.691. The summed E-state index contributed by atoms with van der Waals surface area (Å²) >= 11 is 1.23. The number of esters is 1. The van der Waals surface area contributed by atoms with Crippen LogP contribution in [0.3, 0.4) is 0 Å². The van der Waals surface area contributed by atoms with E-state index in [0.29, 0.717) is 44.3 Å². The van der Waals surface area contributed by atoms with Gasteiger partial charge in [0.2, 0.25) is 0 Å². The van der Waals surface area contributed by atoms with Crippen LogP contribution < -0.4 is 24.4 Å². The van der Waals surface area contributed by atoms with E-state index in [4.69, 9.17) is 19.2 Å². The van der Waals surface area contributed by atoms with Crippen LogP contribution in [0.1, 0.15) is 43.5 Å². The van der Waals surface area contributed by atoms with Crippen molar-refractivity contribution in [1.29, 1.82) is 0 Å². The maximum atomic E-state index is 14.3. The third kappa shape index (κ3) is 6.30. The second kappa shape index (κ2) is 13.4. The molecule has 1 aromatic heterocycles.